The highest BCUT2D eigenvalue weighted by molar-refractivity contribution is 7.20. The molecule has 29 heavy (non-hydrogen) atoms. The van der Waals surface area contributed by atoms with E-state index in [1.807, 2.05) is 4.90 Å². The van der Waals surface area contributed by atoms with Gasteiger partial charge in [-0.15, -0.1) is 11.3 Å². The van der Waals surface area contributed by atoms with Crippen LogP contribution in [-0.4, -0.2) is 41.5 Å². The zero-order valence-corrected chi connectivity index (χ0v) is 16.3. The molecule has 0 aliphatic carbocycles. The molecule has 0 radical (unpaired) electrons. The number of morpholine rings is 1. The smallest absolute Gasteiger partial charge is 0.378 e. The highest BCUT2D eigenvalue weighted by atomic mass is 35.5. The van der Waals surface area contributed by atoms with Crippen LogP contribution < -0.4 is 4.90 Å². The number of hydrogen-bond donors (Lipinski definition) is 1. The number of ether oxygens (including phenoxy) is 1. The molecule has 1 aliphatic heterocycles. The number of rotatable bonds is 3. The van der Waals surface area contributed by atoms with Crippen molar-refractivity contribution in [2.75, 3.05) is 31.2 Å². The lowest BCUT2D eigenvalue weighted by Gasteiger charge is -2.28. The minimum Gasteiger partial charge on any atom is -0.378 e. The van der Waals surface area contributed by atoms with Crippen LogP contribution in [0, 0.1) is 6.57 Å². The van der Waals surface area contributed by atoms with E-state index < -0.39 is 11.7 Å². The summed E-state index contributed by atoms with van der Waals surface area (Å²) in [7, 11) is 0. The minimum atomic E-state index is -4.51. The van der Waals surface area contributed by atoms with Gasteiger partial charge in [0.1, 0.15) is 6.33 Å². The van der Waals surface area contributed by atoms with Crippen LogP contribution >= 0.6 is 22.9 Å². The fourth-order valence-electron chi connectivity index (χ4n) is 3.12. The number of anilines is 1. The summed E-state index contributed by atoms with van der Waals surface area (Å²) in [5.41, 5.74) is 0.264. The molecule has 0 unspecified atom stereocenters. The average molecular weight is 440 g/mol. The molecule has 0 atom stereocenters. The summed E-state index contributed by atoms with van der Waals surface area (Å²) in [6, 6.07) is 3.14. The van der Waals surface area contributed by atoms with Gasteiger partial charge in [0.2, 0.25) is 5.69 Å². The number of nitrogens with zero attached hydrogens (tertiary/aromatic N) is 4. The van der Waals surface area contributed by atoms with Crippen molar-refractivity contribution in [2.45, 2.75) is 6.18 Å². The molecular formula is C18H13ClF3N5OS. The summed E-state index contributed by atoms with van der Waals surface area (Å²) >= 11 is 7.58. The van der Waals surface area contributed by atoms with Gasteiger partial charge >= 0.3 is 6.18 Å². The number of H-pyrrole nitrogens is 1. The SMILES string of the molecule is [C-]#[N+]c1c(N2CCOCC2)sc(-c2ncn[nH]2)c1-c1ccc(C(F)(F)F)cc1Cl. The number of halogens is 4. The number of nitrogens with one attached hydrogen (secondary N) is 1. The molecule has 1 saturated heterocycles. The maximum atomic E-state index is 13.1. The van der Waals surface area contributed by atoms with Gasteiger partial charge < -0.3 is 9.64 Å². The molecule has 6 nitrogen and oxygen atoms in total. The van der Waals surface area contributed by atoms with Crippen molar-refractivity contribution >= 4 is 33.6 Å². The summed E-state index contributed by atoms with van der Waals surface area (Å²) < 4.78 is 44.5. The second kappa shape index (κ2) is 7.67. The third-order valence-electron chi connectivity index (χ3n) is 4.47. The number of aromatic nitrogens is 3. The summed E-state index contributed by atoms with van der Waals surface area (Å²) in [6.45, 7) is 10.0. The number of thiophene rings is 1. The Bertz CT molecular complexity index is 1070. The van der Waals surface area contributed by atoms with E-state index in [2.05, 4.69) is 20.0 Å². The van der Waals surface area contributed by atoms with E-state index in [1.54, 1.807) is 0 Å². The molecule has 1 aromatic carbocycles. The van der Waals surface area contributed by atoms with Gasteiger partial charge in [0.05, 0.1) is 35.2 Å². The monoisotopic (exact) mass is 439 g/mol. The van der Waals surface area contributed by atoms with Crippen molar-refractivity contribution in [1.29, 1.82) is 0 Å². The van der Waals surface area contributed by atoms with E-state index in [-0.39, 0.29) is 5.02 Å². The van der Waals surface area contributed by atoms with Crippen LogP contribution in [0.5, 0.6) is 0 Å². The quantitative estimate of drug-likeness (QED) is 0.565. The van der Waals surface area contributed by atoms with Gasteiger partial charge in [0.15, 0.2) is 5.82 Å². The van der Waals surface area contributed by atoms with Crippen molar-refractivity contribution in [2.24, 2.45) is 0 Å². The van der Waals surface area contributed by atoms with Gasteiger partial charge in [-0.3, -0.25) is 5.10 Å². The normalized spacial score (nSPS) is 14.8. The van der Waals surface area contributed by atoms with Crippen LogP contribution in [-0.2, 0) is 10.9 Å². The van der Waals surface area contributed by atoms with Crippen LogP contribution in [0.1, 0.15) is 5.56 Å². The lowest BCUT2D eigenvalue weighted by Crippen LogP contribution is -2.35. The molecule has 1 aliphatic rings. The van der Waals surface area contributed by atoms with E-state index in [0.717, 1.165) is 12.1 Å². The van der Waals surface area contributed by atoms with Crippen molar-refractivity contribution in [3.8, 4) is 21.8 Å². The van der Waals surface area contributed by atoms with E-state index >= 15 is 0 Å². The van der Waals surface area contributed by atoms with Gasteiger partial charge in [-0.25, -0.2) is 9.83 Å². The first-order valence-electron chi connectivity index (χ1n) is 8.50. The zero-order chi connectivity index (χ0) is 20.6. The fraction of sp³-hybridized carbons (Fsp3) is 0.278. The molecular weight excluding hydrogens is 427 g/mol. The first-order valence-corrected chi connectivity index (χ1v) is 9.69. The standard InChI is InChI=1S/C18H13ClF3N5OS/c1-23-14-13(11-3-2-10(8-12(11)19)18(20,21)22)15(16-24-9-25-26-16)29-17(14)27-4-6-28-7-5-27/h2-3,8-9H,4-7H2,(H,24,25,26). The van der Waals surface area contributed by atoms with Gasteiger partial charge in [-0.2, -0.15) is 18.3 Å². The van der Waals surface area contributed by atoms with Crippen LogP contribution in [0.3, 0.4) is 0 Å². The summed E-state index contributed by atoms with van der Waals surface area (Å²) in [6.07, 6.45) is -3.18. The molecule has 0 spiro atoms. The highest BCUT2D eigenvalue weighted by Gasteiger charge is 2.32. The van der Waals surface area contributed by atoms with Gasteiger partial charge in [-0.05, 0) is 17.7 Å². The Hall–Kier alpha value is -2.61. The van der Waals surface area contributed by atoms with Crippen LogP contribution in [0.25, 0.3) is 26.7 Å². The van der Waals surface area contributed by atoms with E-state index in [1.165, 1.54) is 23.7 Å². The third kappa shape index (κ3) is 3.69. The topological polar surface area (TPSA) is 58.4 Å². The van der Waals surface area contributed by atoms with Gasteiger partial charge in [0.25, 0.3) is 0 Å². The van der Waals surface area contributed by atoms with Crippen molar-refractivity contribution < 1.29 is 17.9 Å². The lowest BCUT2D eigenvalue weighted by atomic mass is 10.0. The largest absolute Gasteiger partial charge is 0.416 e. The molecule has 11 heteroatoms. The summed E-state index contributed by atoms with van der Waals surface area (Å²) in [5.74, 6) is 0.422. The second-order valence-corrected chi connectivity index (χ2v) is 7.60. The Labute approximate surface area is 172 Å². The molecule has 0 bridgehead atoms. The molecule has 150 valence electrons. The Morgan fingerprint density at radius 3 is 2.62 bits per heavy atom. The number of alkyl halides is 3. The van der Waals surface area contributed by atoms with Gasteiger partial charge in [0, 0.05) is 23.7 Å². The molecule has 1 N–H and O–H groups in total. The molecule has 3 aromatic rings. The van der Waals surface area contributed by atoms with E-state index in [9.17, 15) is 13.2 Å². The number of hydrogen-bond acceptors (Lipinski definition) is 5. The number of aromatic amines is 1. The first-order chi connectivity index (χ1) is 13.9. The Morgan fingerprint density at radius 2 is 2.03 bits per heavy atom. The van der Waals surface area contributed by atoms with Gasteiger partial charge in [-0.1, -0.05) is 17.7 Å². The number of benzene rings is 1. The van der Waals surface area contributed by atoms with Crippen LogP contribution in [0.2, 0.25) is 5.02 Å². The van der Waals surface area contributed by atoms with Crippen LogP contribution in [0.15, 0.2) is 24.5 Å². The maximum Gasteiger partial charge on any atom is 0.416 e. The van der Waals surface area contributed by atoms with Crippen molar-refractivity contribution in [3.63, 3.8) is 0 Å². The minimum absolute atomic E-state index is 0.0863. The first kappa shape index (κ1) is 19.7. The fourth-order valence-corrected chi connectivity index (χ4v) is 4.65. The molecule has 3 heterocycles. The second-order valence-electron chi connectivity index (χ2n) is 6.20. The molecule has 1 fully saturated rings. The Morgan fingerprint density at radius 1 is 1.28 bits per heavy atom. The average Bonchev–Trinajstić information content (AvgIpc) is 3.35. The molecule has 4 rings (SSSR count). The Kier molecular flexibility index (Phi) is 5.21. The summed E-state index contributed by atoms with van der Waals surface area (Å²) in [4.78, 5) is 10.5. The third-order valence-corrected chi connectivity index (χ3v) is 6.03. The van der Waals surface area contributed by atoms with E-state index in [4.69, 9.17) is 22.9 Å². The molecule has 0 saturated carbocycles. The summed E-state index contributed by atoms with van der Waals surface area (Å²) in [5, 5.41) is 7.25. The van der Waals surface area contributed by atoms with Crippen molar-refractivity contribution in [3.05, 3.63) is 46.5 Å². The predicted molar refractivity (Wildman–Crippen MR) is 104 cm³/mol. The Balaban J connectivity index is 1.92. The van der Waals surface area contributed by atoms with E-state index in [0.29, 0.717) is 58.8 Å². The maximum absolute atomic E-state index is 13.1. The molecule has 2 aromatic heterocycles. The zero-order valence-electron chi connectivity index (χ0n) is 14.8. The lowest BCUT2D eigenvalue weighted by molar-refractivity contribution is -0.137. The van der Waals surface area contributed by atoms with Crippen LogP contribution in [0.4, 0.5) is 23.9 Å². The molecule has 0 amide bonds. The predicted octanol–water partition coefficient (Wildman–Crippen LogP) is 5.26. The van der Waals surface area contributed by atoms with Crippen molar-refractivity contribution in [1.82, 2.24) is 15.2 Å². The highest BCUT2D eigenvalue weighted by Crippen LogP contribution is 2.53.